The van der Waals surface area contributed by atoms with Gasteiger partial charge in [-0.25, -0.2) is 9.71 Å². The van der Waals surface area contributed by atoms with Crippen molar-refractivity contribution < 1.29 is 18.3 Å². The molecule has 2 N–H and O–H groups in total. The SMILES string of the molecule is Cc1cnc(NS(=O)(=O)N2CCCCC2C(=O)O)s1. The van der Waals surface area contributed by atoms with Crippen LogP contribution in [0.2, 0.25) is 0 Å². The molecule has 0 amide bonds. The zero-order valence-electron chi connectivity index (χ0n) is 10.4. The average molecular weight is 305 g/mol. The van der Waals surface area contributed by atoms with Gasteiger partial charge in [0.05, 0.1) is 0 Å². The maximum atomic E-state index is 12.2. The van der Waals surface area contributed by atoms with Crippen molar-refractivity contribution in [3.8, 4) is 0 Å². The number of nitrogens with one attached hydrogen (secondary N) is 1. The number of hydrogen-bond donors (Lipinski definition) is 2. The molecule has 7 nitrogen and oxygen atoms in total. The first-order valence-electron chi connectivity index (χ1n) is 5.85. The molecule has 0 radical (unpaired) electrons. The summed E-state index contributed by atoms with van der Waals surface area (Å²) >= 11 is 1.21. The lowest BCUT2D eigenvalue weighted by molar-refractivity contribution is -0.142. The van der Waals surface area contributed by atoms with Crippen molar-refractivity contribution in [2.24, 2.45) is 0 Å². The third-order valence-corrected chi connectivity index (χ3v) is 5.35. The maximum Gasteiger partial charge on any atom is 0.322 e. The summed E-state index contributed by atoms with van der Waals surface area (Å²) in [5.41, 5.74) is 0. The Kier molecular flexibility index (Phi) is 4.07. The number of thiazole rings is 1. The highest BCUT2D eigenvalue weighted by atomic mass is 32.2. The van der Waals surface area contributed by atoms with Gasteiger partial charge in [0.15, 0.2) is 5.13 Å². The van der Waals surface area contributed by atoms with E-state index in [1.165, 1.54) is 11.3 Å². The van der Waals surface area contributed by atoms with Gasteiger partial charge in [-0.15, -0.1) is 11.3 Å². The van der Waals surface area contributed by atoms with Gasteiger partial charge in [0.2, 0.25) is 0 Å². The Morgan fingerprint density at radius 3 is 2.89 bits per heavy atom. The fourth-order valence-electron chi connectivity index (χ4n) is 2.01. The minimum absolute atomic E-state index is 0.219. The molecular weight excluding hydrogens is 290 g/mol. The lowest BCUT2D eigenvalue weighted by atomic mass is 10.1. The summed E-state index contributed by atoms with van der Waals surface area (Å²) in [6.07, 6.45) is 3.29. The third-order valence-electron chi connectivity index (χ3n) is 2.89. The van der Waals surface area contributed by atoms with E-state index in [0.29, 0.717) is 12.8 Å². The van der Waals surface area contributed by atoms with Gasteiger partial charge >= 0.3 is 16.2 Å². The van der Waals surface area contributed by atoms with Crippen molar-refractivity contribution in [2.75, 3.05) is 11.3 Å². The Hall–Kier alpha value is -1.19. The van der Waals surface area contributed by atoms with Crippen LogP contribution in [0.25, 0.3) is 0 Å². The molecule has 1 fully saturated rings. The summed E-state index contributed by atoms with van der Waals surface area (Å²) in [5, 5.41) is 9.35. The van der Waals surface area contributed by atoms with E-state index in [0.717, 1.165) is 15.6 Å². The van der Waals surface area contributed by atoms with Crippen LogP contribution in [0.15, 0.2) is 6.20 Å². The van der Waals surface area contributed by atoms with E-state index >= 15 is 0 Å². The summed E-state index contributed by atoms with van der Waals surface area (Å²) < 4.78 is 27.7. The number of carboxylic acid groups (broad SMARTS) is 1. The number of anilines is 1. The molecule has 1 aromatic heterocycles. The first kappa shape index (κ1) is 14.2. The molecule has 1 aromatic rings. The number of hydrogen-bond acceptors (Lipinski definition) is 5. The van der Waals surface area contributed by atoms with Crippen molar-refractivity contribution in [1.82, 2.24) is 9.29 Å². The molecule has 1 atom stereocenters. The second kappa shape index (κ2) is 5.43. The Labute approximate surface area is 115 Å². The van der Waals surface area contributed by atoms with Crippen molar-refractivity contribution in [3.05, 3.63) is 11.1 Å². The van der Waals surface area contributed by atoms with Crippen LogP contribution in [-0.4, -0.2) is 41.4 Å². The van der Waals surface area contributed by atoms with Crippen molar-refractivity contribution in [2.45, 2.75) is 32.2 Å². The van der Waals surface area contributed by atoms with Crippen LogP contribution in [0.3, 0.4) is 0 Å². The first-order valence-corrected chi connectivity index (χ1v) is 8.10. The van der Waals surface area contributed by atoms with Crippen LogP contribution >= 0.6 is 11.3 Å². The molecule has 106 valence electrons. The number of aryl methyl sites for hydroxylation is 1. The Balaban J connectivity index is 2.19. The number of piperidine rings is 1. The zero-order valence-corrected chi connectivity index (χ0v) is 12.0. The maximum absolute atomic E-state index is 12.2. The molecule has 0 saturated carbocycles. The Bertz CT molecular complexity index is 569. The highest BCUT2D eigenvalue weighted by Crippen LogP contribution is 2.24. The molecule has 1 aliphatic rings. The fourth-order valence-corrected chi connectivity index (χ4v) is 4.30. The van der Waals surface area contributed by atoms with Gasteiger partial charge in [-0.05, 0) is 26.2 Å². The molecule has 19 heavy (non-hydrogen) atoms. The van der Waals surface area contributed by atoms with Crippen LogP contribution < -0.4 is 4.72 Å². The smallest absolute Gasteiger partial charge is 0.322 e. The van der Waals surface area contributed by atoms with Gasteiger partial charge in [0.1, 0.15) is 6.04 Å². The summed E-state index contributed by atoms with van der Waals surface area (Å²) in [7, 11) is -3.87. The van der Waals surface area contributed by atoms with Gasteiger partial charge in [0, 0.05) is 17.6 Å². The fraction of sp³-hybridized carbons (Fsp3) is 0.600. The van der Waals surface area contributed by atoms with E-state index in [9.17, 15) is 13.2 Å². The number of rotatable bonds is 4. The molecule has 0 spiro atoms. The Morgan fingerprint density at radius 1 is 1.58 bits per heavy atom. The topological polar surface area (TPSA) is 99.6 Å². The number of nitrogens with zero attached hydrogens (tertiary/aromatic N) is 2. The molecule has 1 saturated heterocycles. The normalized spacial score (nSPS) is 21.2. The van der Waals surface area contributed by atoms with Gasteiger partial charge in [-0.2, -0.15) is 12.7 Å². The van der Waals surface area contributed by atoms with Crippen molar-refractivity contribution >= 4 is 32.6 Å². The average Bonchev–Trinajstić information content (AvgIpc) is 2.74. The molecular formula is C10H15N3O4S2. The standard InChI is InChI=1S/C10H15N3O4S2/c1-7-6-11-10(18-7)12-19(16,17)13-5-3-2-4-8(13)9(14)15/h6,8H,2-5H2,1H3,(H,11,12)(H,14,15). The zero-order chi connectivity index (χ0) is 14.0. The molecule has 2 heterocycles. The van der Waals surface area contributed by atoms with Crippen LogP contribution in [0.5, 0.6) is 0 Å². The molecule has 1 unspecified atom stereocenters. The minimum atomic E-state index is -3.87. The van der Waals surface area contributed by atoms with Gasteiger partial charge in [-0.1, -0.05) is 0 Å². The van der Waals surface area contributed by atoms with E-state index in [1.807, 2.05) is 6.92 Å². The highest BCUT2D eigenvalue weighted by molar-refractivity contribution is 7.90. The van der Waals surface area contributed by atoms with Gasteiger partial charge in [-0.3, -0.25) is 4.79 Å². The molecule has 1 aliphatic heterocycles. The second-order valence-electron chi connectivity index (χ2n) is 4.34. The van der Waals surface area contributed by atoms with Crippen LogP contribution in [0.4, 0.5) is 5.13 Å². The molecule has 0 aromatic carbocycles. The first-order chi connectivity index (χ1) is 8.90. The number of carboxylic acids is 1. The predicted octanol–water partition coefficient (Wildman–Crippen LogP) is 1.05. The summed E-state index contributed by atoms with van der Waals surface area (Å²) in [4.78, 5) is 15.9. The summed E-state index contributed by atoms with van der Waals surface area (Å²) in [6.45, 7) is 2.03. The van der Waals surface area contributed by atoms with Crippen LogP contribution in [0.1, 0.15) is 24.1 Å². The van der Waals surface area contributed by atoms with Crippen LogP contribution in [-0.2, 0) is 15.0 Å². The summed E-state index contributed by atoms with van der Waals surface area (Å²) in [5.74, 6) is -1.11. The van der Waals surface area contributed by atoms with Crippen molar-refractivity contribution in [3.63, 3.8) is 0 Å². The molecule has 0 aliphatic carbocycles. The lowest BCUT2D eigenvalue weighted by Gasteiger charge is -2.31. The molecule has 0 bridgehead atoms. The second-order valence-corrected chi connectivity index (χ2v) is 7.20. The predicted molar refractivity (Wildman–Crippen MR) is 71.4 cm³/mol. The van der Waals surface area contributed by atoms with E-state index in [1.54, 1.807) is 6.20 Å². The van der Waals surface area contributed by atoms with Crippen molar-refractivity contribution in [1.29, 1.82) is 0 Å². The lowest BCUT2D eigenvalue weighted by Crippen LogP contribution is -2.49. The largest absolute Gasteiger partial charge is 0.480 e. The Morgan fingerprint density at radius 2 is 2.32 bits per heavy atom. The monoisotopic (exact) mass is 305 g/mol. The third kappa shape index (κ3) is 3.23. The quantitative estimate of drug-likeness (QED) is 0.866. The van der Waals surface area contributed by atoms with E-state index in [2.05, 4.69) is 9.71 Å². The number of aliphatic carboxylic acids is 1. The highest BCUT2D eigenvalue weighted by Gasteiger charge is 2.37. The number of carbonyl (C=O) groups is 1. The molecule has 2 rings (SSSR count). The van der Waals surface area contributed by atoms with Gasteiger partial charge in [0.25, 0.3) is 0 Å². The molecule has 9 heteroatoms. The minimum Gasteiger partial charge on any atom is -0.480 e. The summed E-state index contributed by atoms with van der Waals surface area (Å²) in [6, 6.07) is -0.993. The van der Waals surface area contributed by atoms with Crippen LogP contribution in [0, 0.1) is 6.92 Å². The number of aromatic nitrogens is 1. The van der Waals surface area contributed by atoms with E-state index in [-0.39, 0.29) is 11.7 Å². The van der Waals surface area contributed by atoms with E-state index < -0.39 is 22.2 Å². The van der Waals surface area contributed by atoms with E-state index in [4.69, 9.17) is 5.11 Å². The van der Waals surface area contributed by atoms with Gasteiger partial charge < -0.3 is 5.11 Å².